The molecule has 0 aliphatic carbocycles. The van der Waals surface area contributed by atoms with Gasteiger partial charge >= 0.3 is 0 Å². The van der Waals surface area contributed by atoms with Crippen LogP contribution < -0.4 is 0 Å². The van der Waals surface area contributed by atoms with Crippen molar-refractivity contribution in [2.24, 2.45) is 5.92 Å². The molecule has 2 nitrogen and oxygen atoms in total. The maximum absolute atomic E-state index is 13.9. The van der Waals surface area contributed by atoms with Crippen molar-refractivity contribution in [3.63, 3.8) is 0 Å². The molecule has 1 aliphatic rings. The lowest BCUT2D eigenvalue weighted by molar-refractivity contribution is 0.0877. The van der Waals surface area contributed by atoms with Crippen LogP contribution in [0.15, 0.2) is 18.2 Å². The first-order chi connectivity index (χ1) is 8.49. The third kappa shape index (κ3) is 2.66. The zero-order valence-electron chi connectivity index (χ0n) is 11.4. The van der Waals surface area contributed by atoms with E-state index < -0.39 is 0 Å². The fourth-order valence-electron chi connectivity index (χ4n) is 3.03. The van der Waals surface area contributed by atoms with Crippen molar-refractivity contribution in [2.45, 2.75) is 45.7 Å². The summed E-state index contributed by atoms with van der Waals surface area (Å²) in [4.78, 5) is 2.36. The molecule has 1 N–H and O–H groups in total. The first-order valence-corrected chi connectivity index (χ1v) is 6.73. The standard InChI is InChI=1S/C15H22FNO/c1-10-6-7-17(11(2)8-10)12(3)14-5-4-13(18)9-15(14)16/h4-5,9-12,18H,6-8H2,1-3H3. The van der Waals surface area contributed by atoms with Crippen molar-refractivity contribution in [3.8, 4) is 5.75 Å². The smallest absolute Gasteiger partial charge is 0.131 e. The lowest BCUT2D eigenvalue weighted by Crippen LogP contribution is -2.41. The lowest BCUT2D eigenvalue weighted by atomic mass is 9.91. The fourth-order valence-corrected chi connectivity index (χ4v) is 3.03. The number of phenols is 1. The number of benzene rings is 1. The molecule has 0 aromatic heterocycles. The molecule has 1 saturated heterocycles. The van der Waals surface area contributed by atoms with E-state index in [0.29, 0.717) is 11.6 Å². The number of rotatable bonds is 2. The molecule has 0 radical (unpaired) electrons. The first-order valence-electron chi connectivity index (χ1n) is 6.73. The van der Waals surface area contributed by atoms with Crippen molar-refractivity contribution in [3.05, 3.63) is 29.6 Å². The van der Waals surface area contributed by atoms with Crippen molar-refractivity contribution in [1.82, 2.24) is 4.90 Å². The Bertz CT molecular complexity index is 421. The molecule has 100 valence electrons. The second kappa shape index (κ2) is 5.27. The number of hydrogen-bond donors (Lipinski definition) is 1. The zero-order valence-corrected chi connectivity index (χ0v) is 11.4. The van der Waals surface area contributed by atoms with E-state index in [9.17, 15) is 9.50 Å². The monoisotopic (exact) mass is 251 g/mol. The molecule has 3 heteroatoms. The Hall–Kier alpha value is -1.09. The summed E-state index contributed by atoms with van der Waals surface area (Å²) in [6.07, 6.45) is 2.35. The number of hydrogen-bond acceptors (Lipinski definition) is 2. The number of piperidine rings is 1. The van der Waals surface area contributed by atoms with Crippen LogP contribution in [-0.4, -0.2) is 22.6 Å². The van der Waals surface area contributed by atoms with E-state index in [4.69, 9.17) is 0 Å². The lowest BCUT2D eigenvalue weighted by Gasteiger charge is -2.40. The number of aromatic hydroxyl groups is 1. The van der Waals surface area contributed by atoms with Crippen molar-refractivity contribution < 1.29 is 9.50 Å². The molecule has 3 atom stereocenters. The third-order valence-corrected chi connectivity index (χ3v) is 4.12. The highest BCUT2D eigenvalue weighted by atomic mass is 19.1. The Kier molecular flexibility index (Phi) is 3.91. The number of halogens is 1. The van der Waals surface area contributed by atoms with E-state index in [0.717, 1.165) is 12.5 Å². The Morgan fingerprint density at radius 1 is 1.39 bits per heavy atom. The summed E-state index contributed by atoms with van der Waals surface area (Å²) in [6, 6.07) is 5.00. The van der Waals surface area contributed by atoms with Crippen LogP contribution in [0, 0.1) is 11.7 Å². The number of phenolic OH excluding ortho intramolecular Hbond substituents is 1. The highest BCUT2D eigenvalue weighted by molar-refractivity contribution is 5.29. The quantitative estimate of drug-likeness (QED) is 0.866. The molecular formula is C15H22FNO. The van der Waals surface area contributed by atoms with Gasteiger partial charge in [-0.25, -0.2) is 4.39 Å². The molecule has 2 rings (SSSR count). The molecule has 1 fully saturated rings. The predicted octanol–water partition coefficient (Wildman–Crippen LogP) is 3.71. The van der Waals surface area contributed by atoms with Gasteiger partial charge < -0.3 is 5.11 Å². The van der Waals surface area contributed by atoms with Gasteiger partial charge in [-0.2, -0.15) is 0 Å². The van der Waals surface area contributed by atoms with Crippen LogP contribution in [0.4, 0.5) is 4.39 Å². The van der Waals surface area contributed by atoms with Crippen LogP contribution in [0.2, 0.25) is 0 Å². The van der Waals surface area contributed by atoms with Crippen LogP contribution in [0.25, 0.3) is 0 Å². The van der Waals surface area contributed by atoms with Gasteiger partial charge in [0.15, 0.2) is 0 Å². The summed E-state index contributed by atoms with van der Waals surface area (Å²) in [5.41, 5.74) is 0.675. The summed E-state index contributed by atoms with van der Waals surface area (Å²) < 4.78 is 13.9. The van der Waals surface area contributed by atoms with E-state index in [-0.39, 0.29) is 17.6 Å². The maximum Gasteiger partial charge on any atom is 0.131 e. The summed E-state index contributed by atoms with van der Waals surface area (Å²) in [5.74, 6) is 0.435. The minimum atomic E-state index is -0.312. The van der Waals surface area contributed by atoms with Gasteiger partial charge in [0.05, 0.1) is 0 Å². The molecule has 1 aromatic carbocycles. The molecule has 0 saturated carbocycles. The van der Waals surface area contributed by atoms with Gasteiger partial charge in [0.1, 0.15) is 11.6 Å². The molecule has 1 aromatic rings. The van der Waals surface area contributed by atoms with Crippen molar-refractivity contribution >= 4 is 0 Å². The average molecular weight is 251 g/mol. The average Bonchev–Trinajstić information content (AvgIpc) is 2.28. The molecule has 1 heterocycles. The topological polar surface area (TPSA) is 23.5 Å². The maximum atomic E-state index is 13.9. The van der Waals surface area contributed by atoms with E-state index in [2.05, 4.69) is 18.7 Å². The summed E-state index contributed by atoms with van der Waals surface area (Å²) in [5, 5.41) is 9.26. The van der Waals surface area contributed by atoms with E-state index >= 15 is 0 Å². The highest BCUT2D eigenvalue weighted by Gasteiger charge is 2.28. The molecule has 0 bridgehead atoms. The van der Waals surface area contributed by atoms with Crippen LogP contribution in [0.5, 0.6) is 5.75 Å². The number of nitrogens with zero attached hydrogens (tertiary/aromatic N) is 1. The Morgan fingerprint density at radius 3 is 2.72 bits per heavy atom. The normalized spacial score (nSPS) is 27.1. The highest BCUT2D eigenvalue weighted by Crippen LogP contribution is 2.32. The van der Waals surface area contributed by atoms with Gasteiger partial charge in [-0.05, 0) is 45.2 Å². The van der Waals surface area contributed by atoms with Crippen LogP contribution in [0.1, 0.15) is 45.2 Å². The van der Waals surface area contributed by atoms with Gasteiger partial charge in [-0.15, -0.1) is 0 Å². The molecule has 18 heavy (non-hydrogen) atoms. The van der Waals surface area contributed by atoms with Gasteiger partial charge in [-0.3, -0.25) is 4.90 Å². The van der Waals surface area contributed by atoms with Gasteiger partial charge in [0.25, 0.3) is 0 Å². The summed E-state index contributed by atoms with van der Waals surface area (Å²) in [7, 11) is 0. The summed E-state index contributed by atoms with van der Waals surface area (Å²) in [6.45, 7) is 7.55. The van der Waals surface area contributed by atoms with Gasteiger partial charge in [0.2, 0.25) is 0 Å². The van der Waals surface area contributed by atoms with E-state index in [1.165, 1.54) is 18.9 Å². The van der Waals surface area contributed by atoms with E-state index in [1.54, 1.807) is 12.1 Å². The summed E-state index contributed by atoms with van der Waals surface area (Å²) >= 11 is 0. The Labute approximate surface area is 108 Å². The largest absolute Gasteiger partial charge is 0.508 e. The van der Waals surface area contributed by atoms with E-state index in [1.807, 2.05) is 6.92 Å². The first kappa shape index (κ1) is 13.3. The number of likely N-dealkylation sites (tertiary alicyclic amines) is 1. The van der Waals surface area contributed by atoms with Crippen molar-refractivity contribution in [2.75, 3.05) is 6.54 Å². The second-order valence-corrected chi connectivity index (χ2v) is 5.60. The molecule has 0 spiro atoms. The second-order valence-electron chi connectivity index (χ2n) is 5.60. The molecule has 3 unspecified atom stereocenters. The molecule has 1 aliphatic heterocycles. The van der Waals surface area contributed by atoms with Crippen molar-refractivity contribution in [1.29, 1.82) is 0 Å². The minimum Gasteiger partial charge on any atom is -0.508 e. The predicted molar refractivity (Wildman–Crippen MR) is 71.0 cm³/mol. The molecular weight excluding hydrogens is 229 g/mol. The van der Waals surface area contributed by atoms with Gasteiger partial charge in [-0.1, -0.05) is 13.0 Å². The van der Waals surface area contributed by atoms with Gasteiger partial charge in [0, 0.05) is 23.7 Å². The zero-order chi connectivity index (χ0) is 13.3. The molecule has 0 amide bonds. The SMILES string of the molecule is CC1CCN(C(C)c2ccc(O)cc2F)C(C)C1. The van der Waals surface area contributed by atoms with Crippen LogP contribution in [-0.2, 0) is 0 Å². The Morgan fingerprint density at radius 2 is 2.11 bits per heavy atom. The Balaban J connectivity index is 2.17. The third-order valence-electron chi connectivity index (χ3n) is 4.12. The van der Waals surface area contributed by atoms with Crippen LogP contribution >= 0.6 is 0 Å². The van der Waals surface area contributed by atoms with Crippen LogP contribution in [0.3, 0.4) is 0 Å². The minimum absolute atomic E-state index is 0.0104. The fraction of sp³-hybridized carbons (Fsp3) is 0.600.